The minimum absolute atomic E-state index is 0.00542. The van der Waals surface area contributed by atoms with Crippen LogP contribution in [0, 0.1) is 11.2 Å². The number of hydrogen-bond donors (Lipinski definition) is 2. The Hall–Kier alpha value is -1.65. The monoisotopic (exact) mass is 240 g/mol. The molecule has 0 aliphatic heterocycles. The highest BCUT2D eigenvalue weighted by Gasteiger charge is 2.15. The summed E-state index contributed by atoms with van der Waals surface area (Å²) in [4.78, 5) is 14.5. The topological polar surface area (TPSA) is 62.2 Å². The fourth-order valence-corrected chi connectivity index (χ4v) is 1.29. The molecule has 0 aliphatic carbocycles. The third-order valence-electron chi connectivity index (χ3n) is 2.29. The van der Waals surface area contributed by atoms with Gasteiger partial charge in [0.25, 0.3) is 0 Å². The number of aromatic carboxylic acids is 1. The summed E-state index contributed by atoms with van der Waals surface area (Å²) in [6.07, 6.45) is 2.12. The van der Waals surface area contributed by atoms with Crippen LogP contribution >= 0.6 is 0 Å². The van der Waals surface area contributed by atoms with Crippen molar-refractivity contribution in [2.45, 2.75) is 27.2 Å². The number of anilines is 1. The molecule has 94 valence electrons. The van der Waals surface area contributed by atoms with Crippen molar-refractivity contribution >= 4 is 11.8 Å². The van der Waals surface area contributed by atoms with E-state index in [-0.39, 0.29) is 16.8 Å². The Morgan fingerprint density at radius 3 is 2.71 bits per heavy atom. The fourth-order valence-electron chi connectivity index (χ4n) is 1.29. The van der Waals surface area contributed by atoms with Gasteiger partial charge in [-0.3, -0.25) is 0 Å². The first-order valence-electron chi connectivity index (χ1n) is 5.43. The second-order valence-electron chi connectivity index (χ2n) is 5.06. The summed E-state index contributed by atoms with van der Waals surface area (Å²) in [6.45, 7) is 6.78. The Bertz CT molecular complexity index is 413. The lowest BCUT2D eigenvalue weighted by atomic mass is 9.92. The predicted octanol–water partition coefficient (Wildman–Crippen LogP) is 2.77. The fraction of sp³-hybridized carbons (Fsp3) is 0.500. The number of hydrogen-bond acceptors (Lipinski definition) is 3. The molecule has 2 N–H and O–H groups in total. The van der Waals surface area contributed by atoms with E-state index in [4.69, 9.17) is 5.11 Å². The van der Waals surface area contributed by atoms with Crippen molar-refractivity contribution in [2.75, 3.05) is 11.9 Å². The minimum Gasteiger partial charge on any atom is -0.478 e. The molecule has 1 aromatic rings. The van der Waals surface area contributed by atoms with E-state index in [1.807, 2.05) is 0 Å². The quantitative estimate of drug-likeness (QED) is 0.849. The van der Waals surface area contributed by atoms with Crippen molar-refractivity contribution < 1.29 is 14.3 Å². The first kappa shape index (κ1) is 13.4. The van der Waals surface area contributed by atoms with Crippen LogP contribution in [0.3, 0.4) is 0 Å². The van der Waals surface area contributed by atoms with E-state index >= 15 is 0 Å². The zero-order chi connectivity index (χ0) is 13.1. The van der Waals surface area contributed by atoms with Gasteiger partial charge in [0.15, 0.2) is 11.6 Å². The Morgan fingerprint density at radius 1 is 1.53 bits per heavy atom. The average molecular weight is 240 g/mol. The maximum Gasteiger partial charge on any atom is 0.338 e. The maximum atomic E-state index is 13.6. The van der Waals surface area contributed by atoms with Crippen molar-refractivity contribution in [2.24, 2.45) is 5.41 Å². The Kier molecular flexibility index (Phi) is 4.04. The van der Waals surface area contributed by atoms with Gasteiger partial charge in [0, 0.05) is 12.7 Å². The molecule has 0 amide bonds. The number of nitrogens with one attached hydrogen (secondary N) is 1. The molecule has 0 aliphatic rings. The normalized spacial score (nSPS) is 11.3. The SMILES string of the molecule is CC(C)(C)CCNc1nccc(C(=O)O)c1F. The molecule has 4 nitrogen and oxygen atoms in total. The first-order valence-corrected chi connectivity index (χ1v) is 5.43. The number of rotatable bonds is 4. The van der Waals surface area contributed by atoms with E-state index in [1.54, 1.807) is 0 Å². The van der Waals surface area contributed by atoms with Gasteiger partial charge >= 0.3 is 5.97 Å². The van der Waals surface area contributed by atoms with Gasteiger partial charge in [0.05, 0.1) is 0 Å². The van der Waals surface area contributed by atoms with Crippen LogP contribution in [-0.4, -0.2) is 22.6 Å². The van der Waals surface area contributed by atoms with E-state index in [0.29, 0.717) is 6.54 Å². The molecule has 0 bridgehead atoms. The highest BCUT2D eigenvalue weighted by atomic mass is 19.1. The summed E-state index contributed by atoms with van der Waals surface area (Å²) >= 11 is 0. The van der Waals surface area contributed by atoms with Crippen LogP contribution in [-0.2, 0) is 0 Å². The smallest absolute Gasteiger partial charge is 0.338 e. The van der Waals surface area contributed by atoms with Gasteiger partial charge in [-0.25, -0.2) is 14.2 Å². The lowest BCUT2D eigenvalue weighted by Crippen LogP contribution is -2.15. The van der Waals surface area contributed by atoms with Gasteiger partial charge in [0.2, 0.25) is 0 Å². The van der Waals surface area contributed by atoms with Gasteiger partial charge in [-0.1, -0.05) is 20.8 Å². The van der Waals surface area contributed by atoms with Crippen LogP contribution < -0.4 is 5.32 Å². The molecule has 0 saturated heterocycles. The lowest BCUT2D eigenvalue weighted by Gasteiger charge is -2.18. The average Bonchev–Trinajstić information content (AvgIpc) is 2.18. The molecule has 0 spiro atoms. The van der Waals surface area contributed by atoms with Crippen LogP contribution in [0.4, 0.5) is 10.2 Å². The van der Waals surface area contributed by atoms with E-state index in [2.05, 4.69) is 31.1 Å². The van der Waals surface area contributed by atoms with Crippen molar-refractivity contribution in [3.05, 3.63) is 23.6 Å². The highest BCUT2D eigenvalue weighted by Crippen LogP contribution is 2.19. The van der Waals surface area contributed by atoms with Crippen molar-refractivity contribution in [1.29, 1.82) is 0 Å². The van der Waals surface area contributed by atoms with Crippen molar-refractivity contribution in [1.82, 2.24) is 4.98 Å². The number of carboxylic acid groups (broad SMARTS) is 1. The summed E-state index contributed by atoms with van der Waals surface area (Å²) < 4.78 is 13.6. The summed E-state index contributed by atoms with van der Waals surface area (Å²) in [5, 5.41) is 11.6. The van der Waals surface area contributed by atoms with Gasteiger partial charge in [-0.15, -0.1) is 0 Å². The molecular formula is C12H17FN2O2. The largest absolute Gasteiger partial charge is 0.478 e. The molecule has 5 heteroatoms. The summed E-state index contributed by atoms with van der Waals surface area (Å²) in [5.74, 6) is -2.10. The molecule has 17 heavy (non-hydrogen) atoms. The van der Waals surface area contributed by atoms with Crippen LogP contribution in [0.15, 0.2) is 12.3 Å². The highest BCUT2D eigenvalue weighted by molar-refractivity contribution is 5.88. The molecule has 0 radical (unpaired) electrons. The number of carbonyl (C=O) groups is 1. The standard InChI is InChI=1S/C12H17FN2O2/c1-12(2,3)5-7-15-10-9(13)8(11(16)17)4-6-14-10/h4,6H,5,7H2,1-3H3,(H,14,15)(H,16,17). The van der Waals surface area contributed by atoms with Crippen molar-refractivity contribution in [3.63, 3.8) is 0 Å². The molecule has 0 aromatic carbocycles. The van der Waals surface area contributed by atoms with Crippen LogP contribution in [0.25, 0.3) is 0 Å². The molecular weight excluding hydrogens is 223 g/mol. The second-order valence-corrected chi connectivity index (χ2v) is 5.06. The first-order chi connectivity index (χ1) is 7.81. The number of carboxylic acids is 1. The molecule has 1 aromatic heterocycles. The number of halogens is 1. The van der Waals surface area contributed by atoms with Crippen LogP contribution in [0.1, 0.15) is 37.6 Å². The van der Waals surface area contributed by atoms with Gasteiger partial charge in [-0.2, -0.15) is 0 Å². The summed E-state index contributed by atoms with van der Waals surface area (Å²) in [6, 6.07) is 1.15. The van der Waals surface area contributed by atoms with E-state index < -0.39 is 11.8 Å². The molecule has 0 unspecified atom stereocenters. The second kappa shape index (κ2) is 5.12. The molecule has 0 atom stereocenters. The Balaban J connectivity index is 2.72. The Labute approximate surface area is 99.9 Å². The van der Waals surface area contributed by atoms with Crippen LogP contribution in [0.2, 0.25) is 0 Å². The van der Waals surface area contributed by atoms with Gasteiger partial charge < -0.3 is 10.4 Å². The molecule has 1 rings (SSSR count). The van der Waals surface area contributed by atoms with Crippen LogP contribution in [0.5, 0.6) is 0 Å². The number of aromatic nitrogens is 1. The van der Waals surface area contributed by atoms with Crippen molar-refractivity contribution in [3.8, 4) is 0 Å². The zero-order valence-electron chi connectivity index (χ0n) is 10.2. The Morgan fingerprint density at radius 2 is 2.18 bits per heavy atom. The lowest BCUT2D eigenvalue weighted by molar-refractivity contribution is 0.0692. The molecule has 0 saturated carbocycles. The predicted molar refractivity (Wildman–Crippen MR) is 63.7 cm³/mol. The molecule has 1 heterocycles. The minimum atomic E-state index is -1.29. The zero-order valence-corrected chi connectivity index (χ0v) is 10.2. The summed E-state index contributed by atoms with van der Waals surface area (Å²) in [5.41, 5.74) is -0.230. The summed E-state index contributed by atoms with van der Waals surface area (Å²) in [7, 11) is 0. The maximum absolute atomic E-state index is 13.6. The third kappa shape index (κ3) is 4.01. The van der Waals surface area contributed by atoms with Gasteiger partial charge in [0.1, 0.15) is 5.56 Å². The van der Waals surface area contributed by atoms with E-state index in [0.717, 1.165) is 12.5 Å². The number of nitrogens with zero attached hydrogens (tertiary/aromatic N) is 1. The third-order valence-corrected chi connectivity index (χ3v) is 2.29. The van der Waals surface area contributed by atoms with Gasteiger partial charge in [-0.05, 0) is 17.9 Å². The van der Waals surface area contributed by atoms with E-state index in [1.165, 1.54) is 6.20 Å². The van der Waals surface area contributed by atoms with E-state index in [9.17, 15) is 9.18 Å². The molecule has 0 fully saturated rings. The number of pyridine rings is 1.